The van der Waals surface area contributed by atoms with E-state index in [1.165, 1.54) is 0 Å². The molecule has 0 saturated heterocycles. The number of aliphatic hydroxyl groups is 1. The quantitative estimate of drug-likeness (QED) is 0.693. The van der Waals surface area contributed by atoms with E-state index in [1.54, 1.807) is 0 Å². The predicted octanol–water partition coefficient (Wildman–Crippen LogP) is 1.35. The molecule has 1 aliphatic carbocycles. The second kappa shape index (κ2) is 3.35. The highest BCUT2D eigenvalue weighted by Crippen LogP contribution is 2.42. The average Bonchev–Trinajstić information content (AvgIpc) is 1.80. The summed E-state index contributed by atoms with van der Waals surface area (Å²) in [6.45, 7) is 5.29. The van der Waals surface area contributed by atoms with Gasteiger partial charge in [0.1, 0.15) is 0 Å². The molecule has 0 aromatic rings. The largest absolute Gasteiger partial charge is 0.389 e. The minimum Gasteiger partial charge on any atom is -0.389 e. The number of nitrogens with zero attached hydrogens (tertiary/aromatic N) is 1. The maximum Gasteiger partial charge on any atom is 0.0779 e. The van der Waals surface area contributed by atoms with Gasteiger partial charge in [-0.1, -0.05) is 13.8 Å². The first-order valence-electron chi connectivity index (χ1n) is 4.80. The van der Waals surface area contributed by atoms with Crippen LogP contribution in [0.5, 0.6) is 0 Å². The van der Waals surface area contributed by atoms with Crippen molar-refractivity contribution in [2.45, 2.75) is 32.3 Å². The molecule has 12 heavy (non-hydrogen) atoms. The van der Waals surface area contributed by atoms with Crippen LogP contribution in [-0.4, -0.2) is 36.2 Å². The van der Waals surface area contributed by atoms with E-state index >= 15 is 0 Å². The molecule has 1 saturated carbocycles. The minimum atomic E-state index is -0.377. The van der Waals surface area contributed by atoms with E-state index in [1.807, 2.05) is 14.1 Å². The Kier molecular flexibility index (Phi) is 2.79. The fourth-order valence-electron chi connectivity index (χ4n) is 2.11. The Hall–Kier alpha value is -0.0800. The lowest BCUT2D eigenvalue weighted by Crippen LogP contribution is -2.52. The second-order valence-corrected chi connectivity index (χ2v) is 4.87. The predicted molar refractivity (Wildman–Crippen MR) is 51.1 cm³/mol. The van der Waals surface area contributed by atoms with Crippen molar-refractivity contribution in [3.05, 3.63) is 0 Å². The van der Waals surface area contributed by atoms with Crippen LogP contribution in [0.3, 0.4) is 0 Å². The van der Waals surface area contributed by atoms with Gasteiger partial charge in [0, 0.05) is 6.54 Å². The molecule has 0 aromatic carbocycles. The van der Waals surface area contributed by atoms with Crippen molar-refractivity contribution >= 4 is 0 Å². The van der Waals surface area contributed by atoms with Gasteiger partial charge in [0.2, 0.25) is 0 Å². The maximum absolute atomic E-state index is 9.96. The summed E-state index contributed by atoms with van der Waals surface area (Å²) in [7, 11) is 4.03. The standard InChI is InChI=1S/C10H21NO/c1-8(2)9-5-10(12,6-9)7-11(3)4/h8-9,12H,5-7H2,1-4H3/t9-,10-. The molecule has 0 heterocycles. The molecule has 0 spiro atoms. The summed E-state index contributed by atoms with van der Waals surface area (Å²) in [4.78, 5) is 2.07. The second-order valence-electron chi connectivity index (χ2n) is 4.87. The van der Waals surface area contributed by atoms with Gasteiger partial charge in [-0.25, -0.2) is 0 Å². The lowest BCUT2D eigenvalue weighted by Gasteiger charge is -2.47. The lowest BCUT2D eigenvalue weighted by molar-refractivity contribution is -0.0989. The molecule has 0 amide bonds. The molecule has 0 aliphatic heterocycles. The van der Waals surface area contributed by atoms with Crippen LogP contribution >= 0.6 is 0 Å². The van der Waals surface area contributed by atoms with Crippen LogP contribution in [0.15, 0.2) is 0 Å². The normalized spacial score (nSPS) is 35.8. The third-order valence-electron chi connectivity index (χ3n) is 2.84. The third-order valence-corrected chi connectivity index (χ3v) is 2.84. The van der Waals surface area contributed by atoms with E-state index in [0.29, 0.717) is 0 Å². The zero-order valence-electron chi connectivity index (χ0n) is 8.67. The van der Waals surface area contributed by atoms with Crippen molar-refractivity contribution in [1.82, 2.24) is 4.90 Å². The van der Waals surface area contributed by atoms with Crippen molar-refractivity contribution < 1.29 is 5.11 Å². The van der Waals surface area contributed by atoms with Gasteiger partial charge >= 0.3 is 0 Å². The number of likely N-dealkylation sites (N-methyl/N-ethyl adjacent to an activating group) is 1. The highest BCUT2D eigenvalue weighted by molar-refractivity contribution is 4.96. The van der Waals surface area contributed by atoms with Crippen molar-refractivity contribution in [2.75, 3.05) is 20.6 Å². The van der Waals surface area contributed by atoms with Gasteiger partial charge in [-0.15, -0.1) is 0 Å². The minimum absolute atomic E-state index is 0.377. The topological polar surface area (TPSA) is 23.5 Å². The number of rotatable bonds is 3. The van der Waals surface area contributed by atoms with Gasteiger partial charge < -0.3 is 10.0 Å². The molecule has 0 aromatic heterocycles. The summed E-state index contributed by atoms with van der Waals surface area (Å²) in [5.74, 6) is 1.47. The van der Waals surface area contributed by atoms with Crippen LogP contribution in [0.2, 0.25) is 0 Å². The Morgan fingerprint density at radius 3 is 2.25 bits per heavy atom. The summed E-state index contributed by atoms with van der Waals surface area (Å²) in [6, 6.07) is 0. The fourth-order valence-corrected chi connectivity index (χ4v) is 2.11. The Morgan fingerprint density at radius 2 is 1.92 bits per heavy atom. The molecule has 0 radical (unpaired) electrons. The van der Waals surface area contributed by atoms with Crippen LogP contribution < -0.4 is 0 Å². The van der Waals surface area contributed by atoms with Crippen molar-refractivity contribution in [1.29, 1.82) is 0 Å². The molecule has 0 atom stereocenters. The zero-order valence-corrected chi connectivity index (χ0v) is 8.67. The first kappa shape index (κ1) is 10.0. The van der Waals surface area contributed by atoms with E-state index in [9.17, 15) is 5.11 Å². The summed E-state index contributed by atoms with van der Waals surface area (Å²) >= 11 is 0. The molecule has 0 bridgehead atoms. The van der Waals surface area contributed by atoms with Crippen LogP contribution in [0, 0.1) is 11.8 Å². The SMILES string of the molecule is CC(C)[C@H]1C[C@@](O)(CN(C)C)C1. The van der Waals surface area contributed by atoms with Gasteiger partial charge in [0.25, 0.3) is 0 Å². The van der Waals surface area contributed by atoms with Gasteiger partial charge in [-0.2, -0.15) is 0 Å². The van der Waals surface area contributed by atoms with E-state index in [2.05, 4.69) is 18.7 Å². The Bertz CT molecular complexity index is 148. The van der Waals surface area contributed by atoms with E-state index in [0.717, 1.165) is 31.2 Å². The van der Waals surface area contributed by atoms with Gasteiger partial charge in [0.15, 0.2) is 0 Å². The fraction of sp³-hybridized carbons (Fsp3) is 1.00. The molecular weight excluding hydrogens is 150 g/mol. The summed E-state index contributed by atoms with van der Waals surface area (Å²) in [5, 5.41) is 9.96. The lowest BCUT2D eigenvalue weighted by atomic mass is 9.66. The molecule has 1 aliphatic rings. The Morgan fingerprint density at radius 1 is 1.42 bits per heavy atom. The molecule has 2 heteroatoms. The monoisotopic (exact) mass is 171 g/mol. The molecular formula is C10H21NO. The third kappa shape index (κ3) is 2.20. The molecule has 0 unspecified atom stereocenters. The van der Waals surface area contributed by atoms with Gasteiger partial charge in [-0.3, -0.25) is 0 Å². The highest BCUT2D eigenvalue weighted by Gasteiger charge is 2.43. The van der Waals surface area contributed by atoms with Crippen molar-refractivity contribution in [3.8, 4) is 0 Å². The van der Waals surface area contributed by atoms with Gasteiger partial charge in [0.05, 0.1) is 5.60 Å². The van der Waals surface area contributed by atoms with E-state index in [-0.39, 0.29) is 5.60 Å². The highest BCUT2D eigenvalue weighted by atomic mass is 16.3. The first-order valence-corrected chi connectivity index (χ1v) is 4.80. The molecule has 1 fully saturated rings. The number of hydrogen-bond donors (Lipinski definition) is 1. The summed E-state index contributed by atoms with van der Waals surface area (Å²) < 4.78 is 0. The average molecular weight is 171 g/mol. The van der Waals surface area contributed by atoms with E-state index in [4.69, 9.17) is 0 Å². The summed E-state index contributed by atoms with van der Waals surface area (Å²) in [6.07, 6.45) is 1.98. The van der Waals surface area contributed by atoms with Crippen molar-refractivity contribution in [3.63, 3.8) is 0 Å². The van der Waals surface area contributed by atoms with Crippen LogP contribution in [0.4, 0.5) is 0 Å². The molecule has 72 valence electrons. The molecule has 2 nitrogen and oxygen atoms in total. The Balaban J connectivity index is 2.30. The van der Waals surface area contributed by atoms with Crippen LogP contribution in [-0.2, 0) is 0 Å². The van der Waals surface area contributed by atoms with Crippen molar-refractivity contribution in [2.24, 2.45) is 11.8 Å². The zero-order chi connectivity index (χ0) is 9.35. The number of hydrogen-bond acceptors (Lipinski definition) is 2. The smallest absolute Gasteiger partial charge is 0.0779 e. The van der Waals surface area contributed by atoms with E-state index < -0.39 is 0 Å². The van der Waals surface area contributed by atoms with Crippen LogP contribution in [0.25, 0.3) is 0 Å². The van der Waals surface area contributed by atoms with Crippen LogP contribution in [0.1, 0.15) is 26.7 Å². The summed E-state index contributed by atoms with van der Waals surface area (Å²) in [5.41, 5.74) is -0.377. The maximum atomic E-state index is 9.96. The molecule has 1 rings (SSSR count). The Labute approximate surface area is 75.6 Å². The van der Waals surface area contributed by atoms with Gasteiger partial charge in [-0.05, 0) is 38.8 Å². The molecule has 1 N–H and O–H groups in total. The first-order chi connectivity index (χ1) is 5.43.